The molecule has 0 spiro atoms. The topological polar surface area (TPSA) is 81.2 Å². The van der Waals surface area contributed by atoms with Crippen molar-refractivity contribution in [2.75, 3.05) is 7.11 Å². The second-order valence-corrected chi connectivity index (χ2v) is 3.99. The van der Waals surface area contributed by atoms with Gasteiger partial charge in [0.25, 0.3) is 5.56 Å². The number of carbonyl (C=O) groups excluding carboxylic acids is 1. The minimum Gasteiger partial charge on any atom is -0.466 e. The average molecular weight is 266 g/mol. The summed E-state index contributed by atoms with van der Waals surface area (Å²) in [7, 11) is 1.31. The van der Waals surface area contributed by atoms with Crippen LogP contribution in [0.15, 0.2) is 27.4 Å². The summed E-state index contributed by atoms with van der Waals surface area (Å²) < 4.78 is 5.99. The number of ether oxygens (including phenoxy) is 1. The SMILES string of the molecule is CCC(=CCn1cc(CC)c(=O)[nH]c1=O)C(=O)OC. The van der Waals surface area contributed by atoms with Crippen LogP contribution in [-0.2, 0) is 22.5 Å². The highest BCUT2D eigenvalue weighted by Crippen LogP contribution is 2.03. The van der Waals surface area contributed by atoms with Crippen LogP contribution in [0.1, 0.15) is 25.8 Å². The maximum Gasteiger partial charge on any atom is 0.333 e. The van der Waals surface area contributed by atoms with Gasteiger partial charge < -0.3 is 4.74 Å². The van der Waals surface area contributed by atoms with Gasteiger partial charge in [-0.05, 0) is 12.8 Å². The van der Waals surface area contributed by atoms with Crippen molar-refractivity contribution in [3.8, 4) is 0 Å². The average Bonchev–Trinajstić information content (AvgIpc) is 2.41. The first kappa shape index (κ1) is 14.9. The number of rotatable bonds is 5. The van der Waals surface area contributed by atoms with Crippen LogP contribution in [0.25, 0.3) is 0 Å². The molecule has 6 nitrogen and oxygen atoms in total. The maximum atomic E-state index is 11.6. The molecule has 0 aliphatic rings. The number of esters is 1. The van der Waals surface area contributed by atoms with Crippen molar-refractivity contribution in [2.24, 2.45) is 0 Å². The number of hydrogen-bond acceptors (Lipinski definition) is 4. The quantitative estimate of drug-likeness (QED) is 0.625. The Kier molecular flexibility index (Phi) is 5.29. The van der Waals surface area contributed by atoms with Crippen LogP contribution in [0.5, 0.6) is 0 Å². The Hall–Kier alpha value is -2.11. The van der Waals surface area contributed by atoms with Gasteiger partial charge in [0.2, 0.25) is 0 Å². The van der Waals surface area contributed by atoms with Crippen molar-refractivity contribution in [3.63, 3.8) is 0 Å². The lowest BCUT2D eigenvalue weighted by atomic mass is 10.2. The van der Waals surface area contributed by atoms with Crippen molar-refractivity contribution < 1.29 is 9.53 Å². The Morgan fingerprint density at radius 2 is 2.11 bits per heavy atom. The van der Waals surface area contributed by atoms with Crippen LogP contribution in [-0.4, -0.2) is 22.6 Å². The number of methoxy groups -OCH3 is 1. The first-order valence-corrected chi connectivity index (χ1v) is 6.13. The molecule has 6 heteroatoms. The third kappa shape index (κ3) is 3.67. The van der Waals surface area contributed by atoms with E-state index in [0.29, 0.717) is 24.0 Å². The molecule has 0 aromatic carbocycles. The van der Waals surface area contributed by atoms with Gasteiger partial charge in [-0.3, -0.25) is 14.3 Å². The molecule has 104 valence electrons. The van der Waals surface area contributed by atoms with Crippen LogP contribution in [0.4, 0.5) is 0 Å². The first-order valence-electron chi connectivity index (χ1n) is 6.13. The summed E-state index contributed by atoms with van der Waals surface area (Å²) in [5, 5.41) is 0. The molecule has 1 aromatic heterocycles. The summed E-state index contributed by atoms with van der Waals surface area (Å²) in [5.41, 5.74) is 0.179. The van der Waals surface area contributed by atoms with Crippen LogP contribution in [0.2, 0.25) is 0 Å². The number of hydrogen-bond donors (Lipinski definition) is 1. The van der Waals surface area contributed by atoms with E-state index in [1.807, 2.05) is 13.8 Å². The zero-order valence-electron chi connectivity index (χ0n) is 11.4. The molecule has 0 saturated heterocycles. The molecular weight excluding hydrogens is 248 g/mol. The summed E-state index contributed by atoms with van der Waals surface area (Å²) in [6.07, 6.45) is 4.20. The van der Waals surface area contributed by atoms with Gasteiger partial charge in [-0.25, -0.2) is 9.59 Å². The molecule has 0 aliphatic heterocycles. The fourth-order valence-electron chi connectivity index (χ4n) is 1.65. The lowest BCUT2D eigenvalue weighted by molar-refractivity contribution is -0.136. The highest BCUT2D eigenvalue weighted by atomic mass is 16.5. The van der Waals surface area contributed by atoms with E-state index in [9.17, 15) is 14.4 Å². The second kappa shape index (κ2) is 6.72. The second-order valence-electron chi connectivity index (χ2n) is 3.99. The largest absolute Gasteiger partial charge is 0.466 e. The normalized spacial score (nSPS) is 11.4. The van der Waals surface area contributed by atoms with E-state index in [1.54, 1.807) is 6.08 Å². The standard InChI is InChI=1S/C13H18N2O4/c1-4-9(12(17)19-3)6-7-15-8-10(5-2)11(16)14-13(15)18/h6,8H,4-5,7H2,1-3H3,(H,14,16,18). The van der Waals surface area contributed by atoms with Crippen molar-refractivity contribution in [1.82, 2.24) is 9.55 Å². The van der Waals surface area contributed by atoms with Gasteiger partial charge in [0.1, 0.15) is 0 Å². The zero-order valence-corrected chi connectivity index (χ0v) is 11.4. The summed E-state index contributed by atoms with van der Waals surface area (Å²) in [6, 6.07) is 0. The highest BCUT2D eigenvalue weighted by Gasteiger charge is 2.07. The number of H-pyrrole nitrogens is 1. The van der Waals surface area contributed by atoms with Gasteiger partial charge in [0.05, 0.1) is 7.11 Å². The Morgan fingerprint density at radius 1 is 1.42 bits per heavy atom. The minimum atomic E-state index is -0.487. The summed E-state index contributed by atoms with van der Waals surface area (Å²) >= 11 is 0. The Morgan fingerprint density at radius 3 is 2.63 bits per heavy atom. The van der Waals surface area contributed by atoms with E-state index in [0.717, 1.165) is 0 Å². The van der Waals surface area contributed by atoms with Gasteiger partial charge in [-0.2, -0.15) is 0 Å². The van der Waals surface area contributed by atoms with Crippen LogP contribution >= 0.6 is 0 Å². The van der Waals surface area contributed by atoms with Crippen molar-refractivity contribution in [2.45, 2.75) is 33.2 Å². The number of carbonyl (C=O) groups is 1. The molecule has 0 unspecified atom stereocenters. The minimum absolute atomic E-state index is 0.223. The van der Waals surface area contributed by atoms with E-state index in [4.69, 9.17) is 0 Å². The predicted octanol–water partition coefficient (Wildman–Crippen LogP) is 0.608. The van der Waals surface area contributed by atoms with Gasteiger partial charge in [0, 0.05) is 23.9 Å². The highest BCUT2D eigenvalue weighted by molar-refractivity contribution is 5.88. The van der Waals surface area contributed by atoms with E-state index in [1.165, 1.54) is 17.9 Å². The van der Waals surface area contributed by atoms with Gasteiger partial charge in [0.15, 0.2) is 0 Å². The van der Waals surface area contributed by atoms with Crippen LogP contribution in [0, 0.1) is 0 Å². The Balaban J connectivity index is 3.06. The van der Waals surface area contributed by atoms with Gasteiger partial charge in [-0.15, -0.1) is 0 Å². The fraction of sp³-hybridized carbons (Fsp3) is 0.462. The molecule has 0 amide bonds. The molecule has 1 N–H and O–H groups in total. The third-order valence-electron chi connectivity index (χ3n) is 2.83. The van der Waals surface area contributed by atoms with Crippen molar-refractivity contribution in [1.29, 1.82) is 0 Å². The van der Waals surface area contributed by atoms with Gasteiger partial charge >= 0.3 is 11.7 Å². The molecule has 0 bridgehead atoms. The molecule has 19 heavy (non-hydrogen) atoms. The molecule has 0 fully saturated rings. The molecule has 0 saturated carbocycles. The third-order valence-corrected chi connectivity index (χ3v) is 2.83. The number of allylic oxidation sites excluding steroid dienone is 1. The molecule has 0 radical (unpaired) electrons. The molecule has 0 atom stereocenters. The van der Waals surface area contributed by atoms with Crippen LogP contribution in [0.3, 0.4) is 0 Å². The molecule has 1 heterocycles. The van der Waals surface area contributed by atoms with E-state index in [-0.39, 0.29) is 12.1 Å². The maximum absolute atomic E-state index is 11.6. The summed E-state index contributed by atoms with van der Waals surface area (Å²) in [6.45, 7) is 3.89. The smallest absolute Gasteiger partial charge is 0.333 e. The van der Waals surface area contributed by atoms with Gasteiger partial charge in [-0.1, -0.05) is 19.9 Å². The van der Waals surface area contributed by atoms with Crippen molar-refractivity contribution >= 4 is 5.97 Å². The molecule has 1 aromatic rings. The Bertz CT molecular complexity index is 595. The number of aromatic amines is 1. The monoisotopic (exact) mass is 266 g/mol. The molecule has 1 rings (SSSR count). The van der Waals surface area contributed by atoms with E-state index >= 15 is 0 Å². The molecule has 0 aliphatic carbocycles. The lowest BCUT2D eigenvalue weighted by Gasteiger charge is -2.06. The Labute approximate surface area is 110 Å². The number of nitrogens with zero attached hydrogens (tertiary/aromatic N) is 1. The number of aromatic nitrogens is 2. The number of aryl methyl sites for hydroxylation is 1. The zero-order chi connectivity index (χ0) is 14.4. The predicted molar refractivity (Wildman–Crippen MR) is 71.1 cm³/mol. The lowest BCUT2D eigenvalue weighted by Crippen LogP contribution is -2.31. The van der Waals surface area contributed by atoms with E-state index < -0.39 is 11.7 Å². The van der Waals surface area contributed by atoms with E-state index in [2.05, 4.69) is 9.72 Å². The van der Waals surface area contributed by atoms with Crippen LogP contribution < -0.4 is 11.2 Å². The van der Waals surface area contributed by atoms with Crippen molar-refractivity contribution in [3.05, 3.63) is 44.2 Å². The summed E-state index contributed by atoms with van der Waals surface area (Å²) in [5.74, 6) is -0.407. The fourth-order valence-corrected chi connectivity index (χ4v) is 1.65. The number of nitrogens with one attached hydrogen (secondary N) is 1. The first-order chi connectivity index (χ1) is 9.03. The molecular formula is C13H18N2O4. The summed E-state index contributed by atoms with van der Waals surface area (Å²) in [4.78, 5) is 36.7.